The van der Waals surface area contributed by atoms with Crippen molar-refractivity contribution in [2.75, 3.05) is 32.9 Å². The zero-order valence-electron chi connectivity index (χ0n) is 23.6. The summed E-state index contributed by atoms with van der Waals surface area (Å²) in [6, 6.07) is 28.2. The zero-order valence-corrected chi connectivity index (χ0v) is 23.6. The first-order valence-electron chi connectivity index (χ1n) is 15.2. The molecule has 0 aliphatic carbocycles. The number of ether oxygens (including phenoxy) is 3. The van der Waals surface area contributed by atoms with Crippen molar-refractivity contribution >= 4 is 0 Å². The van der Waals surface area contributed by atoms with Gasteiger partial charge in [-0.3, -0.25) is 4.90 Å². The van der Waals surface area contributed by atoms with Crippen LogP contribution in [0.4, 0.5) is 0 Å². The van der Waals surface area contributed by atoms with Crippen LogP contribution in [0.15, 0.2) is 78.9 Å². The van der Waals surface area contributed by atoms with Crippen molar-refractivity contribution in [3.63, 3.8) is 0 Å². The summed E-state index contributed by atoms with van der Waals surface area (Å²) < 4.78 is 18.5. The van der Waals surface area contributed by atoms with E-state index in [0.717, 1.165) is 44.2 Å². The van der Waals surface area contributed by atoms with Gasteiger partial charge in [0, 0.05) is 30.5 Å². The Morgan fingerprint density at radius 1 is 0.769 bits per heavy atom. The van der Waals surface area contributed by atoms with E-state index >= 15 is 0 Å². The Kier molecular flexibility index (Phi) is 10.3. The van der Waals surface area contributed by atoms with Crippen molar-refractivity contribution in [3.05, 3.63) is 95.6 Å². The van der Waals surface area contributed by atoms with E-state index in [1.54, 1.807) is 0 Å². The molecule has 2 aliphatic heterocycles. The van der Waals surface area contributed by atoms with Gasteiger partial charge in [0.05, 0.1) is 19.8 Å². The Morgan fingerprint density at radius 3 is 2.23 bits per heavy atom. The SMILES string of the molecule is CCCCCCCCCC(Oc1ccc(C2c3ccccc3OCC2c2ccccc2)cc1)N1CCOCC1. The topological polar surface area (TPSA) is 30.9 Å². The van der Waals surface area contributed by atoms with E-state index in [0.29, 0.717) is 6.61 Å². The van der Waals surface area contributed by atoms with E-state index < -0.39 is 0 Å². The van der Waals surface area contributed by atoms with Crippen molar-refractivity contribution in [2.24, 2.45) is 0 Å². The fourth-order valence-corrected chi connectivity index (χ4v) is 6.13. The maximum Gasteiger partial charge on any atom is 0.152 e. The van der Waals surface area contributed by atoms with E-state index in [2.05, 4.69) is 90.7 Å². The highest BCUT2D eigenvalue weighted by atomic mass is 16.5. The highest BCUT2D eigenvalue weighted by Crippen LogP contribution is 2.46. The molecule has 0 aromatic heterocycles. The molecule has 1 saturated heterocycles. The maximum absolute atomic E-state index is 6.67. The molecule has 5 rings (SSSR count). The molecule has 3 aromatic carbocycles. The van der Waals surface area contributed by atoms with Crippen LogP contribution in [0.2, 0.25) is 0 Å². The van der Waals surface area contributed by atoms with E-state index in [1.807, 2.05) is 0 Å². The smallest absolute Gasteiger partial charge is 0.152 e. The summed E-state index contributed by atoms with van der Waals surface area (Å²) in [7, 11) is 0. The highest BCUT2D eigenvalue weighted by Gasteiger charge is 2.33. The van der Waals surface area contributed by atoms with Gasteiger partial charge in [0.1, 0.15) is 11.5 Å². The quantitative estimate of drug-likeness (QED) is 0.210. The zero-order chi connectivity index (χ0) is 26.7. The third kappa shape index (κ3) is 7.43. The maximum atomic E-state index is 6.67. The van der Waals surface area contributed by atoms with Crippen LogP contribution in [-0.2, 0) is 4.74 Å². The minimum atomic E-state index is 0.108. The molecule has 3 aromatic rings. The standard InChI is InChI=1S/C35H45NO3/c1-2-3-4-5-6-7-11-18-34(36-23-25-37-26-24-36)39-30-21-19-29(20-22-30)35-31-16-12-13-17-33(31)38-27-32(35)28-14-9-8-10-15-28/h8-10,12-17,19-22,32,34-35H,2-7,11,18,23-27H2,1H3. The molecule has 39 heavy (non-hydrogen) atoms. The summed E-state index contributed by atoms with van der Waals surface area (Å²) in [5.74, 6) is 2.47. The number of para-hydroxylation sites is 1. The highest BCUT2D eigenvalue weighted by molar-refractivity contribution is 5.48. The van der Waals surface area contributed by atoms with Gasteiger partial charge in [-0.05, 0) is 42.2 Å². The van der Waals surface area contributed by atoms with Crippen LogP contribution >= 0.6 is 0 Å². The Hall–Kier alpha value is -2.82. The lowest BCUT2D eigenvalue weighted by Crippen LogP contribution is -2.46. The Balaban J connectivity index is 1.29. The van der Waals surface area contributed by atoms with Crippen molar-refractivity contribution in [1.82, 2.24) is 4.90 Å². The molecule has 3 atom stereocenters. The Labute approximate surface area is 235 Å². The molecule has 0 amide bonds. The largest absolute Gasteiger partial charge is 0.493 e. The molecule has 0 N–H and O–H groups in total. The number of morpholine rings is 1. The lowest BCUT2D eigenvalue weighted by molar-refractivity contribution is -0.0497. The fraction of sp³-hybridized carbons (Fsp3) is 0.486. The van der Waals surface area contributed by atoms with Gasteiger partial charge in [-0.1, -0.05) is 106 Å². The second-order valence-electron chi connectivity index (χ2n) is 11.0. The first kappa shape index (κ1) is 27.7. The molecule has 1 fully saturated rings. The van der Waals surface area contributed by atoms with Crippen LogP contribution in [0.25, 0.3) is 0 Å². The molecule has 4 heteroatoms. The molecule has 2 heterocycles. The van der Waals surface area contributed by atoms with Crippen LogP contribution in [0, 0.1) is 0 Å². The second-order valence-corrected chi connectivity index (χ2v) is 11.0. The minimum Gasteiger partial charge on any atom is -0.493 e. The molecule has 0 spiro atoms. The van der Waals surface area contributed by atoms with Crippen LogP contribution in [0.1, 0.15) is 86.8 Å². The molecule has 0 saturated carbocycles. The van der Waals surface area contributed by atoms with Gasteiger partial charge < -0.3 is 14.2 Å². The number of unbranched alkanes of at least 4 members (excludes halogenated alkanes) is 6. The van der Waals surface area contributed by atoms with Crippen molar-refractivity contribution < 1.29 is 14.2 Å². The first-order valence-corrected chi connectivity index (χ1v) is 15.2. The lowest BCUT2D eigenvalue weighted by Gasteiger charge is -2.35. The summed E-state index contributed by atoms with van der Waals surface area (Å²) in [6.07, 6.45) is 10.4. The first-order chi connectivity index (χ1) is 19.3. The predicted molar refractivity (Wildman–Crippen MR) is 159 cm³/mol. The van der Waals surface area contributed by atoms with Crippen LogP contribution < -0.4 is 9.47 Å². The van der Waals surface area contributed by atoms with Crippen LogP contribution in [-0.4, -0.2) is 44.0 Å². The summed E-state index contributed by atoms with van der Waals surface area (Å²) in [6.45, 7) is 6.43. The number of hydrogen-bond donors (Lipinski definition) is 0. The molecular formula is C35H45NO3. The van der Waals surface area contributed by atoms with E-state index in [1.165, 1.54) is 61.6 Å². The molecule has 2 aliphatic rings. The number of hydrogen-bond acceptors (Lipinski definition) is 4. The van der Waals surface area contributed by atoms with Crippen molar-refractivity contribution in [3.8, 4) is 11.5 Å². The number of benzene rings is 3. The van der Waals surface area contributed by atoms with Crippen molar-refractivity contribution in [1.29, 1.82) is 0 Å². The summed E-state index contributed by atoms with van der Waals surface area (Å²) in [4.78, 5) is 2.47. The van der Waals surface area contributed by atoms with Gasteiger partial charge in [0.2, 0.25) is 0 Å². The van der Waals surface area contributed by atoms with Crippen molar-refractivity contribution in [2.45, 2.75) is 76.4 Å². The number of fused-ring (bicyclic) bond motifs is 1. The third-order valence-corrected chi connectivity index (χ3v) is 8.32. The van der Waals surface area contributed by atoms with Gasteiger partial charge in [0.15, 0.2) is 6.23 Å². The third-order valence-electron chi connectivity index (χ3n) is 8.32. The van der Waals surface area contributed by atoms with Gasteiger partial charge in [0.25, 0.3) is 0 Å². The van der Waals surface area contributed by atoms with Crippen LogP contribution in [0.5, 0.6) is 11.5 Å². The summed E-state index contributed by atoms with van der Waals surface area (Å²) >= 11 is 0. The molecular weight excluding hydrogens is 482 g/mol. The summed E-state index contributed by atoms with van der Waals surface area (Å²) in [5.41, 5.74) is 3.89. The van der Waals surface area contributed by atoms with Gasteiger partial charge in [-0.15, -0.1) is 0 Å². The monoisotopic (exact) mass is 527 g/mol. The average molecular weight is 528 g/mol. The van der Waals surface area contributed by atoms with E-state index in [9.17, 15) is 0 Å². The predicted octanol–water partition coefficient (Wildman–Crippen LogP) is 8.17. The molecule has 4 nitrogen and oxygen atoms in total. The van der Waals surface area contributed by atoms with E-state index in [4.69, 9.17) is 14.2 Å². The number of nitrogens with zero attached hydrogens (tertiary/aromatic N) is 1. The number of rotatable bonds is 13. The minimum absolute atomic E-state index is 0.108. The average Bonchev–Trinajstić information content (AvgIpc) is 3.01. The Bertz CT molecular complexity index is 1110. The van der Waals surface area contributed by atoms with Gasteiger partial charge in [-0.25, -0.2) is 0 Å². The molecule has 208 valence electrons. The van der Waals surface area contributed by atoms with Gasteiger partial charge in [-0.2, -0.15) is 0 Å². The second kappa shape index (κ2) is 14.5. The summed E-state index contributed by atoms with van der Waals surface area (Å²) in [5, 5.41) is 0. The molecule has 3 unspecified atom stereocenters. The van der Waals surface area contributed by atoms with E-state index in [-0.39, 0.29) is 18.1 Å². The van der Waals surface area contributed by atoms with Crippen LogP contribution in [0.3, 0.4) is 0 Å². The normalized spacial score (nSPS) is 20.1. The molecule has 0 bridgehead atoms. The Morgan fingerprint density at radius 2 is 1.46 bits per heavy atom. The fourth-order valence-electron chi connectivity index (χ4n) is 6.13. The lowest BCUT2D eigenvalue weighted by atomic mass is 9.76. The van der Waals surface area contributed by atoms with Gasteiger partial charge >= 0.3 is 0 Å². The molecule has 0 radical (unpaired) electrons.